The summed E-state index contributed by atoms with van der Waals surface area (Å²) in [6.45, 7) is 1.65. The van der Waals surface area contributed by atoms with E-state index in [1.165, 1.54) is 6.26 Å². The quantitative estimate of drug-likeness (QED) is 0.833. The zero-order valence-electron chi connectivity index (χ0n) is 10.4. The Morgan fingerprint density at radius 3 is 2.22 bits per heavy atom. The summed E-state index contributed by atoms with van der Waals surface area (Å²) < 4.78 is 22.3. The zero-order valence-corrected chi connectivity index (χ0v) is 11.2. The first-order valence-electron chi connectivity index (χ1n) is 6.02. The Labute approximate surface area is 108 Å². The van der Waals surface area contributed by atoms with E-state index in [1.807, 2.05) is 4.90 Å². The number of benzene rings is 1. The summed E-state index contributed by atoms with van der Waals surface area (Å²) in [5.74, 6) is 0.0592. The van der Waals surface area contributed by atoms with Crippen LogP contribution in [-0.2, 0) is 15.6 Å². The van der Waals surface area contributed by atoms with E-state index in [1.54, 1.807) is 24.3 Å². The molecule has 1 aromatic rings. The lowest BCUT2D eigenvalue weighted by Crippen LogP contribution is -2.27. The molecular formula is C13H17NO3S. The summed E-state index contributed by atoms with van der Waals surface area (Å²) >= 11 is 0. The van der Waals surface area contributed by atoms with Gasteiger partial charge in [-0.15, -0.1) is 0 Å². The van der Waals surface area contributed by atoms with Crippen LogP contribution in [0.2, 0.25) is 0 Å². The van der Waals surface area contributed by atoms with Crippen LogP contribution in [0, 0.1) is 0 Å². The fourth-order valence-electron chi connectivity index (χ4n) is 2.15. The molecule has 1 aliphatic heterocycles. The minimum Gasteiger partial charge on any atom is -0.339 e. The predicted molar refractivity (Wildman–Crippen MR) is 70.1 cm³/mol. The highest BCUT2D eigenvalue weighted by molar-refractivity contribution is 7.89. The van der Waals surface area contributed by atoms with E-state index in [4.69, 9.17) is 0 Å². The Morgan fingerprint density at radius 1 is 1.17 bits per heavy atom. The lowest BCUT2D eigenvalue weighted by molar-refractivity contribution is 0.0793. The first-order chi connectivity index (χ1) is 8.46. The van der Waals surface area contributed by atoms with E-state index in [0.29, 0.717) is 5.56 Å². The number of nitrogens with zero attached hydrogens (tertiary/aromatic N) is 1. The summed E-state index contributed by atoms with van der Waals surface area (Å²) in [5, 5.41) is 0. The molecule has 1 aromatic carbocycles. The molecule has 1 aliphatic rings. The number of hydrogen-bond acceptors (Lipinski definition) is 3. The Morgan fingerprint density at radius 2 is 1.72 bits per heavy atom. The monoisotopic (exact) mass is 267 g/mol. The van der Waals surface area contributed by atoms with Gasteiger partial charge in [-0.3, -0.25) is 4.79 Å². The molecule has 1 saturated heterocycles. The molecule has 5 heteroatoms. The number of carbonyl (C=O) groups excluding carboxylic acids is 1. The molecule has 0 N–H and O–H groups in total. The average molecular weight is 267 g/mol. The van der Waals surface area contributed by atoms with Crippen molar-refractivity contribution in [3.05, 3.63) is 35.4 Å². The molecule has 0 unspecified atom stereocenters. The van der Waals surface area contributed by atoms with Gasteiger partial charge in [0.15, 0.2) is 9.84 Å². The van der Waals surface area contributed by atoms with E-state index in [2.05, 4.69) is 0 Å². The molecule has 0 aromatic heterocycles. The van der Waals surface area contributed by atoms with Crippen molar-refractivity contribution in [2.45, 2.75) is 18.6 Å². The van der Waals surface area contributed by atoms with Crippen molar-refractivity contribution >= 4 is 15.7 Å². The molecule has 1 fully saturated rings. The molecule has 4 nitrogen and oxygen atoms in total. The summed E-state index contributed by atoms with van der Waals surface area (Å²) in [5.41, 5.74) is 1.35. The molecule has 98 valence electrons. The number of hydrogen-bond donors (Lipinski definition) is 0. The van der Waals surface area contributed by atoms with Gasteiger partial charge in [0.25, 0.3) is 5.91 Å². The highest BCUT2D eigenvalue weighted by Gasteiger charge is 2.19. The molecular weight excluding hydrogens is 250 g/mol. The molecule has 0 atom stereocenters. The third-order valence-electron chi connectivity index (χ3n) is 3.02. The number of rotatable bonds is 3. The van der Waals surface area contributed by atoms with E-state index >= 15 is 0 Å². The van der Waals surface area contributed by atoms with Crippen molar-refractivity contribution in [1.82, 2.24) is 4.90 Å². The second-order valence-corrected chi connectivity index (χ2v) is 6.91. The van der Waals surface area contributed by atoms with Crippen LogP contribution in [0.15, 0.2) is 24.3 Å². The van der Waals surface area contributed by atoms with E-state index in [-0.39, 0.29) is 11.7 Å². The van der Waals surface area contributed by atoms with Gasteiger partial charge >= 0.3 is 0 Å². The minimum atomic E-state index is -3.02. The van der Waals surface area contributed by atoms with Crippen LogP contribution in [0.4, 0.5) is 0 Å². The molecule has 0 aliphatic carbocycles. The average Bonchev–Trinajstić information content (AvgIpc) is 2.80. The lowest BCUT2D eigenvalue weighted by Gasteiger charge is -2.15. The number of sulfone groups is 1. The maximum atomic E-state index is 12.1. The van der Waals surface area contributed by atoms with Gasteiger partial charge in [-0.2, -0.15) is 0 Å². The minimum absolute atomic E-state index is 0.0190. The Hall–Kier alpha value is -1.36. The van der Waals surface area contributed by atoms with Gasteiger partial charge in [-0.1, -0.05) is 12.1 Å². The zero-order chi connectivity index (χ0) is 13.2. The second-order valence-electron chi connectivity index (χ2n) is 4.77. The smallest absolute Gasteiger partial charge is 0.253 e. The van der Waals surface area contributed by atoms with Gasteiger partial charge in [0.2, 0.25) is 0 Å². The third-order valence-corrected chi connectivity index (χ3v) is 3.88. The normalized spacial score (nSPS) is 15.9. The SMILES string of the molecule is CS(=O)(=O)Cc1ccc(C(=O)N2CCCC2)cc1. The van der Waals surface area contributed by atoms with E-state index < -0.39 is 9.84 Å². The summed E-state index contributed by atoms with van der Waals surface area (Å²) in [6.07, 6.45) is 3.34. The van der Waals surface area contributed by atoms with Crippen molar-refractivity contribution in [3.63, 3.8) is 0 Å². The summed E-state index contributed by atoms with van der Waals surface area (Å²) in [6, 6.07) is 6.84. The maximum Gasteiger partial charge on any atom is 0.253 e. The Balaban J connectivity index is 2.09. The van der Waals surface area contributed by atoms with Crippen LogP contribution >= 0.6 is 0 Å². The van der Waals surface area contributed by atoms with Crippen LogP contribution < -0.4 is 0 Å². The number of carbonyl (C=O) groups is 1. The van der Waals surface area contributed by atoms with Crippen molar-refractivity contribution in [1.29, 1.82) is 0 Å². The van der Waals surface area contributed by atoms with Crippen molar-refractivity contribution in [2.75, 3.05) is 19.3 Å². The topological polar surface area (TPSA) is 54.5 Å². The number of likely N-dealkylation sites (tertiary alicyclic amines) is 1. The first-order valence-corrected chi connectivity index (χ1v) is 8.08. The highest BCUT2D eigenvalue weighted by atomic mass is 32.2. The van der Waals surface area contributed by atoms with Crippen LogP contribution in [0.1, 0.15) is 28.8 Å². The fraction of sp³-hybridized carbons (Fsp3) is 0.462. The largest absolute Gasteiger partial charge is 0.339 e. The van der Waals surface area contributed by atoms with Crippen LogP contribution in [0.25, 0.3) is 0 Å². The predicted octanol–water partition coefficient (Wildman–Crippen LogP) is 1.47. The van der Waals surface area contributed by atoms with Crippen LogP contribution in [0.5, 0.6) is 0 Å². The summed E-state index contributed by atoms with van der Waals surface area (Å²) in [4.78, 5) is 13.9. The fourth-order valence-corrected chi connectivity index (χ4v) is 2.95. The molecule has 0 saturated carbocycles. The van der Waals surface area contributed by atoms with Crippen LogP contribution in [-0.4, -0.2) is 38.6 Å². The van der Waals surface area contributed by atoms with Gasteiger partial charge < -0.3 is 4.90 Å². The van der Waals surface area contributed by atoms with Gasteiger partial charge in [-0.25, -0.2) is 8.42 Å². The molecule has 2 rings (SSSR count). The molecule has 18 heavy (non-hydrogen) atoms. The van der Waals surface area contributed by atoms with Crippen molar-refractivity contribution < 1.29 is 13.2 Å². The van der Waals surface area contributed by atoms with Crippen molar-refractivity contribution in [3.8, 4) is 0 Å². The van der Waals surface area contributed by atoms with Gasteiger partial charge in [0.1, 0.15) is 0 Å². The molecule has 0 radical (unpaired) electrons. The lowest BCUT2D eigenvalue weighted by atomic mass is 10.1. The van der Waals surface area contributed by atoms with Gasteiger partial charge in [-0.05, 0) is 30.5 Å². The second kappa shape index (κ2) is 5.10. The Bertz CT molecular complexity index is 528. The molecule has 1 heterocycles. The number of amides is 1. The highest BCUT2D eigenvalue weighted by Crippen LogP contribution is 2.14. The first kappa shape index (κ1) is 13.1. The van der Waals surface area contributed by atoms with Gasteiger partial charge in [0, 0.05) is 24.9 Å². The Kier molecular flexibility index (Phi) is 3.71. The van der Waals surface area contributed by atoms with E-state index in [9.17, 15) is 13.2 Å². The standard InChI is InChI=1S/C13H17NO3S/c1-18(16,17)10-11-4-6-12(7-5-11)13(15)14-8-2-3-9-14/h4-7H,2-3,8-10H2,1H3. The maximum absolute atomic E-state index is 12.1. The summed E-state index contributed by atoms with van der Waals surface area (Å²) in [7, 11) is -3.02. The molecule has 1 amide bonds. The van der Waals surface area contributed by atoms with E-state index in [0.717, 1.165) is 31.5 Å². The molecule has 0 spiro atoms. The van der Waals surface area contributed by atoms with Crippen molar-refractivity contribution in [2.24, 2.45) is 0 Å². The molecule has 0 bridgehead atoms. The van der Waals surface area contributed by atoms with Crippen LogP contribution in [0.3, 0.4) is 0 Å². The van der Waals surface area contributed by atoms with Gasteiger partial charge in [0.05, 0.1) is 5.75 Å². The third kappa shape index (κ3) is 3.32.